The molecule has 2 heterocycles. The second kappa shape index (κ2) is 4.78. The van der Waals surface area contributed by atoms with Crippen molar-refractivity contribution in [3.63, 3.8) is 0 Å². The molecule has 1 aliphatic heterocycles. The van der Waals surface area contributed by atoms with E-state index in [9.17, 15) is 22.8 Å². The summed E-state index contributed by atoms with van der Waals surface area (Å²) in [4.78, 5) is 38.1. The number of carbonyl (C=O) groups excluding carboxylic acids is 1. The van der Waals surface area contributed by atoms with Crippen molar-refractivity contribution in [1.82, 2.24) is 15.3 Å². The number of aromatic nitrogens is 2. The lowest BCUT2D eigenvalue weighted by Gasteiger charge is -2.23. The van der Waals surface area contributed by atoms with Crippen molar-refractivity contribution in [3.8, 4) is 0 Å². The van der Waals surface area contributed by atoms with Gasteiger partial charge in [0.25, 0.3) is 5.56 Å². The fourth-order valence-electron chi connectivity index (χ4n) is 2.04. The normalized spacial score (nSPS) is 24.2. The highest BCUT2D eigenvalue weighted by Gasteiger charge is 2.39. The quantitative estimate of drug-likeness (QED) is 0.541. The van der Waals surface area contributed by atoms with Crippen molar-refractivity contribution < 1.29 is 13.2 Å². The van der Waals surface area contributed by atoms with Gasteiger partial charge >= 0.3 is 11.7 Å². The van der Waals surface area contributed by atoms with E-state index in [1.807, 2.05) is 4.98 Å². The van der Waals surface area contributed by atoms with E-state index in [4.69, 9.17) is 0 Å². The van der Waals surface area contributed by atoms with Gasteiger partial charge in [-0.2, -0.15) is 0 Å². The van der Waals surface area contributed by atoms with E-state index in [2.05, 4.69) is 15.6 Å². The lowest BCUT2D eigenvalue weighted by Crippen LogP contribution is -2.49. The Labute approximate surface area is 113 Å². The van der Waals surface area contributed by atoms with Gasteiger partial charge in [0.2, 0.25) is 0 Å². The molecule has 4 N–H and O–H groups in total. The van der Waals surface area contributed by atoms with Crippen LogP contribution in [0.3, 0.4) is 0 Å². The molecule has 110 valence electrons. The highest BCUT2D eigenvalue weighted by atomic mass is 32.2. The van der Waals surface area contributed by atoms with Crippen LogP contribution in [0.4, 0.5) is 10.5 Å². The van der Waals surface area contributed by atoms with Gasteiger partial charge in [0.1, 0.15) is 5.69 Å². The summed E-state index contributed by atoms with van der Waals surface area (Å²) in [5.74, 6) is -0.127. The summed E-state index contributed by atoms with van der Waals surface area (Å²) >= 11 is 0. The Morgan fingerprint density at radius 2 is 2.10 bits per heavy atom. The molecule has 0 aliphatic carbocycles. The van der Waals surface area contributed by atoms with E-state index >= 15 is 0 Å². The van der Waals surface area contributed by atoms with Crippen molar-refractivity contribution in [2.24, 2.45) is 0 Å². The van der Waals surface area contributed by atoms with E-state index in [0.717, 1.165) is 6.20 Å². The monoisotopic (exact) mass is 302 g/mol. The molecule has 0 radical (unpaired) electrons. The molecular weight excluding hydrogens is 288 g/mol. The second-order valence-electron chi connectivity index (χ2n) is 4.97. The minimum Gasteiger partial charge on any atom is -0.332 e. The van der Waals surface area contributed by atoms with Crippen LogP contribution < -0.4 is 21.9 Å². The SMILES string of the molecule is C[C@]1(NC(=O)Nc2c[nH]c(=O)[nH]c2=O)CCS(=O)(=O)C1. The molecule has 0 spiro atoms. The predicted molar refractivity (Wildman–Crippen MR) is 71.5 cm³/mol. The molecule has 0 aromatic carbocycles. The number of rotatable bonds is 2. The van der Waals surface area contributed by atoms with Crippen molar-refractivity contribution >= 4 is 21.6 Å². The molecule has 0 bridgehead atoms. The lowest BCUT2D eigenvalue weighted by atomic mass is 10.0. The number of sulfone groups is 1. The van der Waals surface area contributed by atoms with E-state index in [0.29, 0.717) is 6.42 Å². The molecule has 1 aromatic rings. The number of amides is 2. The molecule has 2 rings (SSSR count). The first kappa shape index (κ1) is 14.3. The molecule has 9 nitrogen and oxygen atoms in total. The topological polar surface area (TPSA) is 141 Å². The summed E-state index contributed by atoms with van der Waals surface area (Å²) in [7, 11) is -3.14. The van der Waals surface area contributed by atoms with Gasteiger partial charge in [-0.25, -0.2) is 18.0 Å². The Morgan fingerprint density at radius 3 is 2.65 bits per heavy atom. The summed E-state index contributed by atoms with van der Waals surface area (Å²) in [6.45, 7) is 1.62. The van der Waals surface area contributed by atoms with Gasteiger partial charge < -0.3 is 15.6 Å². The minimum absolute atomic E-state index is 0.0169. The number of aromatic amines is 2. The number of nitrogens with one attached hydrogen (secondary N) is 4. The molecular formula is C10H14N4O5S. The largest absolute Gasteiger partial charge is 0.332 e. The third kappa shape index (κ3) is 3.26. The standard InChI is InChI=1S/C10H14N4O5S/c1-10(2-3-20(18,19)5-10)14-9(17)12-6-4-11-8(16)13-7(6)15/h4H,2-3,5H2,1H3,(H2,12,14,17)(H2,11,13,15,16)/t10-/m0/s1. The van der Waals surface area contributed by atoms with Crippen LogP contribution in [-0.2, 0) is 9.84 Å². The zero-order valence-corrected chi connectivity index (χ0v) is 11.5. The maximum absolute atomic E-state index is 11.8. The van der Waals surface area contributed by atoms with Gasteiger partial charge in [-0.1, -0.05) is 0 Å². The lowest BCUT2D eigenvalue weighted by molar-refractivity contribution is 0.242. The van der Waals surface area contributed by atoms with Gasteiger partial charge in [0, 0.05) is 6.20 Å². The highest BCUT2D eigenvalue weighted by Crippen LogP contribution is 2.22. The fraction of sp³-hybridized carbons (Fsp3) is 0.500. The molecule has 0 saturated carbocycles. The molecule has 20 heavy (non-hydrogen) atoms. The molecule has 0 unspecified atom stereocenters. The van der Waals surface area contributed by atoms with Crippen LogP contribution in [0.15, 0.2) is 15.8 Å². The molecule has 1 aromatic heterocycles. The minimum atomic E-state index is -3.14. The van der Waals surface area contributed by atoms with Crippen LogP contribution in [0.1, 0.15) is 13.3 Å². The van der Waals surface area contributed by atoms with Crippen LogP contribution in [0, 0.1) is 0 Å². The fourth-order valence-corrected chi connectivity index (χ4v) is 4.13. The van der Waals surface area contributed by atoms with E-state index in [1.165, 1.54) is 0 Å². The number of anilines is 1. The van der Waals surface area contributed by atoms with Crippen LogP contribution in [-0.4, -0.2) is 41.5 Å². The van der Waals surface area contributed by atoms with Crippen LogP contribution in [0.25, 0.3) is 0 Å². The van der Waals surface area contributed by atoms with Crippen LogP contribution in [0.2, 0.25) is 0 Å². The Balaban J connectivity index is 2.07. The van der Waals surface area contributed by atoms with Gasteiger partial charge in [0.05, 0.1) is 17.0 Å². The predicted octanol–water partition coefficient (Wildman–Crippen LogP) is -1.24. The van der Waals surface area contributed by atoms with Gasteiger partial charge in [-0.05, 0) is 13.3 Å². The molecule has 1 aliphatic rings. The van der Waals surface area contributed by atoms with E-state index in [1.54, 1.807) is 6.92 Å². The third-order valence-electron chi connectivity index (χ3n) is 2.99. The van der Waals surface area contributed by atoms with E-state index in [-0.39, 0.29) is 17.2 Å². The number of H-pyrrole nitrogens is 2. The number of urea groups is 1. The molecule has 1 fully saturated rings. The van der Waals surface area contributed by atoms with Crippen molar-refractivity contribution in [3.05, 3.63) is 27.0 Å². The third-order valence-corrected chi connectivity index (χ3v) is 4.89. The molecule has 10 heteroatoms. The van der Waals surface area contributed by atoms with Crippen LogP contribution >= 0.6 is 0 Å². The Hall–Kier alpha value is -2.10. The second-order valence-corrected chi connectivity index (χ2v) is 7.15. The van der Waals surface area contributed by atoms with Crippen LogP contribution in [0.5, 0.6) is 0 Å². The zero-order chi connectivity index (χ0) is 15.0. The molecule has 1 saturated heterocycles. The first-order valence-electron chi connectivity index (χ1n) is 5.81. The average molecular weight is 302 g/mol. The Bertz CT molecular complexity index is 749. The summed E-state index contributed by atoms with van der Waals surface area (Å²) in [5.41, 5.74) is -2.42. The van der Waals surface area contributed by atoms with Crippen molar-refractivity contribution in [1.29, 1.82) is 0 Å². The molecule has 1 atom stereocenters. The summed E-state index contributed by atoms with van der Waals surface area (Å²) < 4.78 is 22.8. The Kier molecular flexibility index (Phi) is 3.42. The number of carbonyl (C=O) groups is 1. The highest BCUT2D eigenvalue weighted by molar-refractivity contribution is 7.91. The summed E-state index contributed by atoms with van der Waals surface area (Å²) in [6.07, 6.45) is 1.37. The van der Waals surface area contributed by atoms with Gasteiger partial charge in [-0.3, -0.25) is 9.78 Å². The van der Waals surface area contributed by atoms with E-state index < -0.39 is 32.7 Å². The summed E-state index contributed by atoms with van der Waals surface area (Å²) in [6, 6.07) is -0.706. The maximum atomic E-state index is 11.8. The van der Waals surface area contributed by atoms with Gasteiger partial charge in [-0.15, -0.1) is 0 Å². The van der Waals surface area contributed by atoms with Crippen molar-refractivity contribution in [2.75, 3.05) is 16.8 Å². The van der Waals surface area contributed by atoms with Gasteiger partial charge in [0.15, 0.2) is 9.84 Å². The maximum Gasteiger partial charge on any atom is 0.325 e. The average Bonchev–Trinajstić information content (AvgIpc) is 2.56. The molecule has 2 amide bonds. The van der Waals surface area contributed by atoms with Crippen molar-refractivity contribution in [2.45, 2.75) is 18.9 Å². The first-order chi connectivity index (χ1) is 9.19. The summed E-state index contributed by atoms with van der Waals surface area (Å²) in [5, 5.41) is 4.79. The smallest absolute Gasteiger partial charge is 0.325 e. The Morgan fingerprint density at radius 1 is 1.40 bits per heavy atom. The first-order valence-corrected chi connectivity index (χ1v) is 7.63. The zero-order valence-electron chi connectivity index (χ0n) is 10.6. The number of hydrogen-bond donors (Lipinski definition) is 4. The number of hydrogen-bond acceptors (Lipinski definition) is 5.